The number of aromatic nitrogens is 2. The van der Waals surface area contributed by atoms with Crippen molar-refractivity contribution in [2.75, 3.05) is 5.32 Å². The summed E-state index contributed by atoms with van der Waals surface area (Å²) in [5.74, 6) is -0.665. The normalized spacial score (nSPS) is 10.6. The van der Waals surface area contributed by atoms with Gasteiger partial charge in [0.25, 0.3) is 5.91 Å². The Morgan fingerprint density at radius 2 is 1.96 bits per heavy atom. The predicted molar refractivity (Wildman–Crippen MR) is 98.2 cm³/mol. The van der Waals surface area contributed by atoms with E-state index >= 15 is 0 Å². The number of nitrogens with zero attached hydrogens (tertiary/aromatic N) is 2. The van der Waals surface area contributed by atoms with Gasteiger partial charge in [-0.15, -0.1) is 0 Å². The third-order valence-corrected chi connectivity index (χ3v) is 4.37. The van der Waals surface area contributed by atoms with Crippen molar-refractivity contribution < 1.29 is 4.79 Å². The van der Waals surface area contributed by atoms with Crippen LogP contribution in [0.1, 0.15) is 15.9 Å². The van der Waals surface area contributed by atoms with E-state index in [1.165, 1.54) is 0 Å². The van der Waals surface area contributed by atoms with Crippen LogP contribution in [0.3, 0.4) is 0 Å². The first kappa shape index (κ1) is 16.3. The zero-order valence-electron chi connectivity index (χ0n) is 13.3. The number of anilines is 2. The number of rotatable bonds is 4. The highest BCUT2D eigenvalue weighted by Gasteiger charge is 2.10. The molecule has 1 radical (unpaired) electrons. The van der Waals surface area contributed by atoms with E-state index < -0.39 is 5.91 Å². The van der Waals surface area contributed by atoms with Gasteiger partial charge < -0.3 is 5.32 Å². The van der Waals surface area contributed by atoms with E-state index in [0.29, 0.717) is 5.56 Å². The molecule has 3 rings (SSSR count). The van der Waals surface area contributed by atoms with Gasteiger partial charge in [0, 0.05) is 29.5 Å². The first-order valence-corrected chi connectivity index (χ1v) is 8.16. The van der Waals surface area contributed by atoms with E-state index in [0.717, 1.165) is 32.7 Å². The molecule has 121 valence electrons. The average Bonchev–Trinajstić information content (AvgIpc) is 2.86. The van der Waals surface area contributed by atoms with Crippen molar-refractivity contribution in [3.8, 4) is 11.3 Å². The molecule has 1 heterocycles. The summed E-state index contributed by atoms with van der Waals surface area (Å²) in [6, 6.07) is 13.4. The summed E-state index contributed by atoms with van der Waals surface area (Å²) >= 11 is 3.52. The number of nitrogens with one attached hydrogen (secondary N) is 2. The molecule has 0 saturated heterocycles. The van der Waals surface area contributed by atoms with Crippen LogP contribution in [-0.2, 0) is 7.05 Å². The van der Waals surface area contributed by atoms with Crippen molar-refractivity contribution in [1.82, 2.24) is 15.5 Å². The van der Waals surface area contributed by atoms with Crippen molar-refractivity contribution in [3.05, 3.63) is 64.3 Å². The largest absolute Gasteiger partial charge is 0.356 e. The number of aryl methyl sites for hydroxylation is 2. The van der Waals surface area contributed by atoms with Gasteiger partial charge in [0.1, 0.15) is 0 Å². The summed E-state index contributed by atoms with van der Waals surface area (Å²) < 4.78 is 2.76. The first-order valence-electron chi connectivity index (χ1n) is 7.37. The Morgan fingerprint density at radius 1 is 1.21 bits per heavy atom. The van der Waals surface area contributed by atoms with E-state index in [4.69, 9.17) is 5.73 Å². The van der Waals surface area contributed by atoms with Crippen molar-refractivity contribution in [2.24, 2.45) is 7.05 Å². The summed E-state index contributed by atoms with van der Waals surface area (Å²) in [5.41, 5.74) is 12.3. The zero-order chi connectivity index (χ0) is 17.3. The maximum Gasteiger partial charge on any atom is 0.269 e. The number of amides is 1. The topological polar surface area (TPSA) is 70.7 Å². The van der Waals surface area contributed by atoms with Crippen molar-refractivity contribution in [2.45, 2.75) is 6.92 Å². The lowest BCUT2D eigenvalue weighted by Crippen LogP contribution is -2.02. The van der Waals surface area contributed by atoms with Crippen LogP contribution in [-0.4, -0.2) is 15.7 Å². The molecule has 0 aliphatic heterocycles. The molecule has 0 fully saturated rings. The molecule has 0 saturated carbocycles. The second-order valence-electron chi connectivity index (χ2n) is 5.53. The molecule has 2 aromatic carbocycles. The number of halogens is 1. The molecule has 2 N–H and O–H groups in total. The SMILES string of the molecule is Cc1cc(Nc2cccc(-c3c(Br)cnn3C)c2)ccc1C([NH])=O. The zero-order valence-corrected chi connectivity index (χ0v) is 14.9. The Morgan fingerprint density at radius 3 is 2.58 bits per heavy atom. The van der Waals surface area contributed by atoms with Crippen molar-refractivity contribution in [3.63, 3.8) is 0 Å². The van der Waals surface area contributed by atoms with Gasteiger partial charge in [0.2, 0.25) is 0 Å². The van der Waals surface area contributed by atoms with Crippen LogP contribution in [0, 0.1) is 6.92 Å². The third kappa shape index (κ3) is 3.19. The standard InChI is InChI=1S/C18H16BrN4O/c1-11-8-14(6-7-15(11)18(20)24)22-13-5-3-4-12(9-13)17-16(19)10-21-23(17)2/h3-10,20,22H,1-2H3. The summed E-state index contributed by atoms with van der Waals surface area (Å²) in [6.07, 6.45) is 1.77. The van der Waals surface area contributed by atoms with Gasteiger partial charge in [-0.1, -0.05) is 12.1 Å². The molecule has 0 unspecified atom stereocenters. The Hall–Kier alpha value is -2.60. The van der Waals surface area contributed by atoms with E-state index in [1.807, 2.05) is 49.0 Å². The molecule has 1 aromatic heterocycles. The monoisotopic (exact) mass is 383 g/mol. The number of carbonyl (C=O) groups is 1. The minimum Gasteiger partial charge on any atom is -0.356 e. The van der Waals surface area contributed by atoms with Gasteiger partial charge in [-0.25, -0.2) is 0 Å². The highest BCUT2D eigenvalue weighted by Crippen LogP contribution is 2.30. The lowest BCUT2D eigenvalue weighted by molar-refractivity contribution is 0.0991. The number of hydrogen-bond donors (Lipinski definition) is 1. The molecule has 1 amide bonds. The second kappa shape index (κ2) is 6.49. The third-order valence-electron chi connectivity index (χ3n) is 3.79. The smallest absolute Gasteiger partial charge is 0.269 e. The van der Waals surface area contributed by atoms with Gasteiger partial charge in [-0.2, -0.15) is 5.10 Å². The molecule has 0 aliphatic carbocycles. The molecule has 0 spiro atoms. The van der Waals surface area contributed by atoms with Gasteiger partial charge in [-0.05, 0) is 58.7 Å². The first-order chi connectivity index (χ1) is 11.5. The van der Waals surface area contributed by atoms with Crippen molar-refractivity contribution in [1.29, 1.82) is 0 Å². The molecular formula is C18H16BrN4O. The van der Waals surface area contributed by atoms with Gasteiger partial charge in [-0.3, -0.25) is 15.2 Å². The minimum absolute atomic E-state index is 0.424. The van der Waals surface area contributed by atoms with E-state index in [9.17, 15) is 4.79 Å². The van der Waals surface area contributed by atoms with E-state index in [-0.39, 0.29) is 0 Å². The fourth-order valence-electron chi connectivity index (χ4n) is 2.64. The van der Waals surface area contributed by atoms with Crippen LogP contribution < -0.4 is 11.1 Å². The van der Waals surface area contributed by atoms with Gasteiger partial charge >= 0.3 is 0 Å². The summed E-state index contributed by atoms with van der Waals surface area (Å²) in [5, 5.41) is 7.58. The molecule has 6 heteroatoms. The average molecular weight is 384 g/mol. The van der Waals surface area contributed by atoms with Crippen LogP contribution in [0.2, 0.25) is 0 Å². The highest BCUT2D eigenvalue weighted by molar-refractivity contribution is 9.10. The van der Waals surface area contributed by atoms with Crippen LogP contribution >= 0.6 is 15.9 Å². The molecule has 0 atom stereocenters. The lowest BCUT2D eigenvalue weighted by atomic mass is 10.1. The number of carbonyl (C=O) groups excluding carboxylic acids is 1. The van der Waals surface area contributed by atoms with Crippen LogP contribution in [0.15, 0.2) is 53.1 Å². The maximum atomic E-state index is 11.2. The summed E-state index contributed by atoms with van der Waals surface area (Å²) in [4.78, 5) is 11.2. The Labute approximate surface area is 148 Å². The van der Waals surface area contributed by atoms with Gasteiger partial charge in [0.05, 0.1) is 16.4 Å². The van der Waals surface area contributed by atoms with Gasteiger partial charge in [0.15, 0.2) is 0 Å². The molecule has 5 nitrogen and oxygen atoms in total. The Kier molecular flexibility index (Phi) is 4.40. The Balaban J connectivity index is 1.91. The molecule has 0 aliphatic rings. The predicted octanol–water partition coefficient (Wildman–Crippen LogP) is 4.32. The fourth-order valence-corrected chi connectivity index (χ4v) is 3.22. The minimum atomic E-state index is -0.665. The molecular weight excluding hydrogens is 368 g/mol. The second-order valence-corrected chi connectivity index (χ2v) is 6.38. The van der Waals surface area contributed by atoms with E-state index in [2.05, 4.69) is 26.3 Å². The summed E-state index contributed by atoms with van der Waals surface area (Å²) in [6.45, 7) is 1.83. The maximum absolute atomic E-state index is 11.2. The molecule has 0 bridgehead atoms. The van der Waals surface area contributed by atoms with Crippen LogP contribution in [0.25, 0.3) is 11.3 Å². The van der Waals surface area contributed by atoms with E-state index in [1.54, 1.807) is 18.3 Å². The summed E-state index contributed by atoms with van der Waals surface area (Å²) in [7, 11) is 1.90. The number of hydrogen-bond acceptors (Lipinski definition) is 3. The highest BCUT2D eigenvalue weighted by atomic mass is 79.9. The lowest BCUT2D eigenvalue weighted by Gasteiger charge is -2.11. The number of benzene rings is 2. The fraction of sp³-hybridized carbons (Fsp3) is 0.111. The van der Waals surface area contributed by atoms with Crippen molar-refractivity contribution >= 4 is 33.2 Å². The quantitative estimate of drug-likeness (QED) is 0.728. The molecule has 3 aromatic rings. The Bertz CT molecular complexity index is 898. The van der Waals surface area contributed by atoms with Crippen LogP contribution in [0.4, 0.5) is 11.4 Å². The molecule has 24 heavy (non-hydrogen) atoms. The van der Waals surface area contributed by atoms with Crippen LogP contribution in [0.5, 0.6) is 0 Å².